The van der Waals surface area contributed by atoms with Crippen LogP contribution in [0, 0.1) is 0 Å². The second-order valence-corrected chi connectivity index (χ2v) is 4.45. The van der Waals surface area contributed by atoms with Gasteiger partial charge in [0.15, 0.2) is 0 Å². The number of aromatic nitrogens is 1. The van der Waals surface area contributed by atoms with Crippen LogP contribution in [0.15, 0.2) is 18.3 Å². The molecule has 1 aromatic rings. The maximum atomic E-state index is 5.28. The lowest BCUT2D eigenvalue weighted by Gasteiger charge is -2.16. The monoisotopic (exact) mass is 223 g/mol. The van der Waals surface area contributed by atoms with Gasteiger partial charge in [0.05, 0.1) is 11.7 Å². The van der Waals surface area contributed by atoms with E-state index in [0.29, 0.717) is 0 Å². The van der Waals surface area contributed by atoms with Crippen LogP contribution in [0.1, 0.15) is 18.5 Å². The van der Waals surface area contributed by atoms with Crippen molar-refractivity contribution < 1.29 is 0 Å². The van der Waals surface area contributed by atoms with Crippen LogP contribution in [-0.2, 0) is 6.42 Å². The minimum absolute atomic E-state index is 0.816. The van der Waals surface area contributed by atoms with Gasteiger partial charge in [0, 0.05) is 18.3 Å². The molecule has 1 aliphatic rings. The van der Waals surface area contributed by atoms with Gasteiger partial charge in [-0.3, -0.25) is 4.90 Å². The molecule has 15 heavy (non-hydrogen) atoms. The lowest BCUT2D eigenvalue weighted by atomic mass is 10.3. The van der Waals surface area contributed by atoms with Crippen LogP contribution in [0.25, 0.3) is 0 Å². The number of aromatic amines is 1. The zero-order valence-corrected chi connectivity index (χ0v) is 9.65. The van der Waals surface area contributed by atoms with Gasteiger partial charge in [-0.1, -0.05) is 12.2 Å². The van der Waals surface area contributed by atoms with Crippen molar-refractivity contribution in [2.75, 3.05) is 19.8 Å². The Morgan fingerprint density at radius 1 is 1.47 bits per heavy atom. The predicted octanol–water partition coefficient (Wildman–Crippen LogP) is 1.53. The normalized spacial score (nSPS) is 16.8. The third-order valence-electron chi connectivity index (χ3n) is 2.71. The van der Waals surface area contributed by atoms with Gasteiger partial charge < -0.3 is 10.3 Å². The van der Waals surface area contributed by atoms with E-state index in [-0.39, 0.29) is 0 Å². The largest absolute Gasteiger partial charge is 0.367 e. The smallest absolute Gasteiger partial charge is 0.0822 e. The quantitative estimate of drug-likeness (QED) is 0.759. The highest BCUT2D eigenvalue weighted by molar-refractivity contribution is 7.80. The summed E-state index contributed by atoms with van der Waals surface area (Å²) >= 11 is 5.28. The summed E-state index contributed by atoms with van der Waals surface area (Å²) in [5.41, 5.74) is 1.17. The van der Waals surface area contributed by atoms with Gasteiger partial charge in [0.1, 0.15) is 0 Å². The lowest BCUT2D eigenvalue weighted by molar-refractivity contribution is 0.333. The Morgan fingerprint density at radius 2 is 2.27 bits per heavy atom. The van der Waals surface area contributed by atoms with Crippen molar-refractivity contribution in [1.82, 2.24) is 15.2 Å². The van der Waals surface area contributed by atoms with E-state index in [9.17, 15) is 0 Å². The van der Waals surface area contributed by atoms with Gasteiger partial charge in [-0.2, -0.15) is 0 Å². The second-order valence-electron chi connectivity index (χ2n) is 3.96. The molecule has 0 aliphatic carbocycles. The molecule has 82 valence electrons. The molecule has 0 amide bonds. The van der Waals surface area contributed by atoms with E-state index < -0.39 is 0 Å². The van der Waals surface area contributed by atoms with Gasteiger partial charge >= 0.3 is 0 Å². The zero-order valence-electron chi connectivity index (χ0n) is 8.83. The Kier molecular flexibility index (Phi) is 3.75. The highest BCUT2D eigenvalue weighted by Gasteiger charge is 2.10. The fraction of sp³-hybridized carbons (Fsp3) is 0.545. The average molecular weight is 223 g/mol. The van der Waals surface area contributed by atoms with E-state index in [2.05, 4.69) is 21.3 Å². The molecule has 0 saturated carbocycles. The summed E-state index contributed by atoms with van der Waals surface area (Å²) in [5.74, 6) is 0. The first-order valence-corrected chi connectivity index (χ1v) is 5.87. The van der Waals surface area contributed by atoms with Crippen LogP contribution in [0.2, 0.25) is 0 Å². The molecule has 0 radical (unpaired) electrons. The predicted molar refractivity (Wildman–Crippen MR) is 65.9 cm³/mol. The van der Waals surface area contributed by atoms with Crippen molar-refractivity contribution in [3.8, 4) is 0 Å². The molecular formula is C11H17N3S. The molecule has 1 aliphatic heterocycles. The molecular weight excluding hydrogens is 206 g/mol. The zero-order chi connectivity index (χ0) is 10.5. The van der Waals surface area contributed by atoms with E-state index in [4.69, 9.17) is 12.2 Å². The average Bonchev–Trinajstić information content (AvgIpc) is 2.86. The Morgan fingerprint density at radius 3 is 2.93 bits per heavy atom. The molecule has 3 nitrogen and oxygen atoms in total. The molecule has 1 aromatic heterocycles. The molecule has 0 atom stereocenters. The number of likely N-dealkylation sites (tertiary alicyclic amines) is 1. The van der Waals surface area contributed by atoms with Crippen LogP contribution >= 0.6 is 12.2 Å². The summed E-state index contributed by atoms with van der Waals surface area (Å²) in [6, 6.07) is 4.06. The number of hydrogen-bond donors (Lipinski definition) is 2. The number of nitrogens with one attached hydrogen (secondary N) is 2. The van der Waals surface area contributed by atoms with Crippen LogP contribution in [0.3, 0.4) is 0 Å². The van der Waals surface area contributed by atoms with Crippen molar-refractivity contribution in [1.29, 1.82) is 0 Å². The van der Waals surface area contributed by atoms with Gasteiger partial charge in [-0.25, -0.2) is 0 Å². The van der Waals surface area contributed by atoms with Crippen molar-refractivity contribution in [2.24, 2.45) is 0 Å². The van der Waals surface area contributed by atoms with Crippen LogP contribution in [0.4, 0.5) is 0 Å². The number of rotatable bonds is 4. The van der Waals surface area contributed by atoms with Crippen LogP contribution < -0.4 is 5.32 Å². The first-order chi connectivity index (χ1) is 7.34. The van der Waals surface area contributed by atoms with Crippen molar-refractivity contribution in [3.63, 3.8) is 0 Å². The summed E-state index contributed by atoms with van der Waals surface area (Å²) in [7, 11) is 0. The fourth-order valence-corrected chi connectivity index (χ4v) is 2.07. The van der Waals surface area contributed by atoms with Gasteiger partial charge in [-0.05, 0) is 38.1 Å². The Hall–Kier alpha value is -0.870. The van der Waals surface area contributed by atoms with Gasteiger partial charge in [0.25, 0.3) is 0 Å². The molecule has 0 aromatic carbocycles. The molecule has 1 saturated heterocycles. The molecule has 4 heteroatoms. The topological polar surface area (TPSA) is 31.1 Å². The van der Waals surface area contributed by atoms with Crippen molar-refractivity contribution in [3.05, 3.63) is 24.0 Å². The molecule has 1 fully saturated rings. The summed E-state index contributed by atoms with van der Waals surface area (Å²) < 4.78 is 0. The number of hydrogen-bond acceptors (Lipinski definition) is 2. The van der Waals surface area contributed by atoms with Gasteiger partial charge in [0.2, 0.25) is 0 Å². The lowest BCUT2D eigenvalue weighted by Crippen LogP contribution is -2.35. The summed E-state index contributed by atoms with van der Waals surface area (Å²) in [6.07, 6.45) is 5.39. The van der Waals surface area contributed by atoms with Crippen LogP contribution in [-0.4, -0.2) is 34.6 Å². The first-order valence-electron chi connectivity index (χ1n) is 5.46. The molecule has 2 N–H and O–H groups in total. The van der Waals surface area contributed by atoms with E-state index in [1.807, 2.05) is 12.3 Å². The summed E-state index contributed by atoms with van der Waals surface area (Å²) in [5, 5.41) is 3.30. The molecule has 0 spiro atoms. The van der Waals surface area contributed by atoms with E-state index in [1.165, 1.54) is 31.6 Å². The summed E-state index contributed by atoms with van der Waals surface area (Å²) in [6.45, 7) is 3.32. The van der Waals surface area contributed by atoms with E-state index in [0.717, 1.165) is 18.1 Å². The first kappa shape index (κ1) is 10.6. The molecule has 2 rings (SSSR count). The molecule has 0 bridgehead atoms. The number of H-pyrrole nitrogens is 1. The highest BCUT2D eigenvalue weighted by Crippen LogP contribution is 2.05. The van der Waals surface area contributed by atoms with E-state index >= 15 is 0 Å². The summed E-state index contributed by atoms with van der Waals surface area (Å²) in [4.78, 5) is 6.48. The van der Waals surface area contributed by atoms with Gasteiger partial charge in [-0.15, -0.1) is 0 Å². The maximum absolute atomic E-state index is 5.28. The number of thiocarbonyl (C=S) groups is 1. The third-order valence-corrected chi connectivity index (χ3v) is 3.00. The fourth-order valence-electron chi connectivity index (χ4n) is 1.85. The highest BCUT2D eigenvalue weighted by atomic mass is 32.1. The van der Waals surface area contributed by atoms with Crippen molar-refractivity contribution in [2.45, 2.75) is 19.3 Å². The Labute approximate surface area is 95.9 Å². The van der Waals surface area contributed by atoms with Crippen LogP contribution in [0.5, 0.6) is 0 Å². The standard InChI is InChI=1S/C11H17N3S/c15-11(8-10-4-3-5-12-10)13-9-14-6-1-2-7-14/h3-5,12H,1-2,6-9H2,(H,13,15). The molecule has 0 unspecified atom stereocenters. The maximum Gasteiger partial charge on any atom is 0.0822 e. The number of nitrogens with zero attached hydrogens (tertiary/aromatic N) is 1. The minimum atomic E-state index is 0.816. The van der Waals surface area contributed by atoms with E-state index in [1.54, 1.807) is 0 Å². The minimum Gasteiger partial charge on any atom is -0.367 e. The van der Waals surface area contributed by atoms with Crippen molar-refractivity contribution >= 4 is 17.2 Å². The second kappa shape index (κ2) is 5.28. The third kappa shape index (κ3) is 3.32. The SMILES string of the molecule is S=C(Cc1ccc[nH]1)NCN1CCCC1. The Balaban J connectivity index is 1.68. The Bertz CT molecular complexity index is 302. The molecule has 2 heterocycles.